The van der Waals surface area contributed by atoms with Crippen molar-refractivity contribution in [3.8, 4) is 5.75 Å². The van der Waals surface area contributed by atoms with Crippen LogP contribution in [0.3, 0.4) is 0 Å². The number of nitrogens with zero attached hydrogens (tertiary/aromatic N) is 2. The van der Waals surface area contributed by atoms with Crippen molar-refractivity contribution < 1.29 is 9.84 Å². The summed E-state index contributed by atoms with van der Waals surface area (Å²) in [7, 11) is 1.62. The number of hydrogen-bond donors (Lipinski definition) is 3. The number of halogens is 3. The van der Waals surface area contributed by atoms with Gasteiger partial charge in [0.25, 0.3) is 0 Å². The average Bonchev–Trinajstić information content (AvgIpc) is 2.58. The third-order valence-electron chi connectivity index (χ3n) is 3.83. The fourth-order valence-electron chi connectivity index (χ4n) is 2.58. The molecule has 0 saturated heterocycles. The summed E-state index contributed by atoms with van der Waals surface area (Å²) in [6.07, 6.45) is 0.524. The first-order chi connectivity index (χ1) is 11.6. The molecule has 0 saturated carbocycles. The summed E-state index contributed by atoms with van der Waals surface area (Å²) in [6.45, 7) is 0.566. The monoisotopic (exact) mass is 418 g/mol. The van der Waals surface area contributed by atoms with Crippen molar-refractivity contribution in [3.63, 3.8) is 0 Å². The van der Waals surface area contributed by atoms with E-state index in [9.17, 15) is 0 Å². The molecule has 1 unspecified atom stereocenters. The maximum absolute atomic E-state index is 9.01. The van der Waals surface area contributed by atoms with Gasteiger partial charge in [-0.2, -0.15) is 0 Å². The standard InChI is InChI=1S/C17H19ClN4O2.2ClH/c1-24-11-2-3-12-14(8-11)21-13-4-5-15(18)22-17(13)16(12)20-9-10(19)6-7-23;;/h2-5,8,10,23H,6-7,9,19H2,1H3,(H,20,21);2*1H. The molecule has 0 spiro atoms. The van der Waals surface area contributed by atoms with Crippen molar-refractivity contribution in [1.29, 1.82) is 0 Å². The summed E-state index contributed by atoms with van der Waals surface area (Å²) in [4.78, 5) is 9.05. The number of nitrogens with two attached hydrogens (primary N) is 1. The minimum Gasteiger partial charge on any atom is -0.497 e. The van der Waals surface area contributed by atoms with Crippen LogP contribution in [0.5, 0.6) is 5.75 Å². The molecule has 0 fully saturated rings. The first-order valence-electron chi connectivity index (χ1n) is 7.66. The van der Waals surface area contributed by atoms with Crippen molar-refractivity contribution in [2.24, 2.45) is 5.73 Å². The number of nitrogens with one attached hydrogen (secondary N) is 1. The highest BCUT2D eigenvalue weighted by Crippen LogP contribution is 2.32. The number of aliphatic hydroxyl groups excluding tert-OH is 1. The summed E-state index contributed by atoms with van der Waals surface area (Å²) < 4.78 is 5.28. The Morgan fingerprint density at radius 2 is 1.96 bits per heavy atom. The molecule has 3 aromatic rings. The maximum Gasteiger partial charge on any atom is 0.130 e. The normalized spacial score (nSPS) is 11.5. The van der Waals surface area contributed by atoms with Crippen molar-refractivity contribution in [1.82, 2.24) is 9.97 Å². The molecule has 0 radical (unpaired) electrons. The number of aromatic nitrogens is 2. The number of fused-ring (bicyclic) bond motifs is 2. The second-order valence-electron chi connectivity index (χ2n) is 5.52. The molecular formula is C17H21Cl3N4O2. The number of hydrogen-bond acceptors (Lipinski definition) is 6. The molecule has 0 aliphatic rings. The van der Waals surface area contributed by atoms with Gasteiger partial charge in [-0.05, 0) is 30.7 Å². The zero-order valence-corrected chi connectivity index (χ0v) is 16.5. The number of pyridine rings is 2. The van der Waals surface area contributed by atoms with Gasteiger partial charge in [0.05, 0.1) is 23.8 Å². The van der Waals surface area contributed by atoms with E-state index in [4.69, 9.17) is 27.2 Å². The van der Waals surface area contributed by atoms with E-state index in [1.807, 2.05) is 24.3 Å². The van der Waals surface area contributed by atoms with E-state index in [0.717, 1.165) is 27.9 Å². The highest BCUT2D eigenvalue weighted by molar-refractivity contribution is 6.30. The van der Waals surface area contributed by atoms with Gasteiger partial charge < -0.3 is 20.9 Å². The topological polar surface area (TPSA) is 93.3 Å². The van der Waals surface area contributed by atoms with Crippen LogP contribution in [0, 0.1) is 0 Å². The number of benzene rings is 1. The second kappa shape index (κ2) is 9.94. The fraction of sp³-hybridized carbons (Fsp3) is 0.294. The number of anilines is 1. The van der Waals surface area contributed by atoms with E-state index < -0.39 is 0 Å². The van der Waals surface area contributed by atoms with Gasteiger partial charge in [0.2, 0.25) is 0 Å². The molecular weight excluding hydrogens is 399 g/mol. The van der Waals surface area contributed by atoms with E-state index >= 15 is 0 Å². The number of methoxy groups -OCH3 is 1. The van der Waals surface area contributed by atoms with Gasteiger partial charge in [0.15, 0.2) is 0 Å². The first kappa shape index (κ1) is 22.5. The fourth-order valence-corrected chi connectivity index (χ4v) is 2.73. The molecule has 0 aliphatic carbocycles. The van der Waals surface area contributed by atoms with Gasteiger partial charge in [-0.15, -0.1) is 24.8 Å². The molecule has 0 amide bonds. The van der Waals surface area contributed by atoms with E-state index in [0.29, 0.717) is 23.6 Å². The van der Waals surface area contributed by atoms with E-state index in [2.05, 4.69) is 15.3 Å². The third kappa shape index (κ3) is 4.78. The van der Waals surface area contributed by atoms with Gasteiger partial charge in [-0.1, -0.05) is 11.6 Å². The molecule has 6 nitrogen and oxygen atoms in total. The zero-order valence-electron chi connectivity index (χ0n) is 14.1. The van der Waals surface area contributed by atoms with Gasteiger partial charge in [-0.25, -0.2) is 9.97 Å². The van der Waals surface area contributed by atoms with E-state index in [1.54, 1.807) is 13.2 Å². The Balaban J connectivity index is 0.00000169. The Morgan fingerprint density at radius 1 is 1.19 bits per heavy atom. The van der Waals surface area contributed by atoms with Crippen molar-refractivity contribution in [3.05, 3.63) is 35.5 Å². The zero-order chi connectivity index (χ0) is 17.1. The Morgan fingerprint density at radius 3 is 2.65 bits per heavy atom. The SMILES string of the molecule is COc1ccc2c(NCC(N)CCO)c3nc(Cl)ccc3nc2c1.Cl.Cl. The van der Waals surface area contributed by atoms with Gasteiger partial charge in [0, 0.05) is 30.6 Å². The lowest BCUT2D eigenvalue weighted by Crippen LogP contribution is -2.30. The minimum atomic E-state index is -0.161. The van der Waals surface area contributed by atoms with Crippen molar-refractivity contribution in [2.75, 3.05) is 25.6 Å². The largest absolute Gasteiger partial charge is 0.497 e. The van der Waals surface area contributed by atoms with Crippen LogP contribution < -0.4 is 15.8 Å². The van der Waals surface area contributed by atoms with Gasteiger partial charge in [-0.3, -0.25) is 0 Å². The number of aliphatic hydroxyl groups is 1. The number of ether oxygens (including phenoxy) is 1. The van der Waals surface area contributed by atoms with Gasteiger partial charge >= 0.3 is 0 Å². The predicted octanol–water partition coefficient (Wildman–Crippen LogP) is 3.41. The lowest BCUT2D eigenvalue weighted by molar-refractivity contribution is 0.277. The molecule has 1 aromatic carbocycles. The van der Waals surface area contributed by atoms with Crippen LogP contribution in [0.2, 0.25) is 5.15 Å². The molecule has 26 heavy (non-hydrogen) atoms. The minimum absolute atomic E-state index is 0. The number of rotatable bonds is 6. The van der Waals surface area contributed by atoms with Crippen LogP contribution in [0.25, 0.3) is 21.9 Å². The van der Waals surface area contributed by atoms with Crippen molar-refractivity contribution in [2.45, 2.75) is 12.5 Å². The highest BCUT2D eigenvalue weighted by Gasteiger charge is 2.13. The van der Waals surface area contributed by atoms with Crippen LogP contribution in [0.15, 0.2) is 30.3 Å². The van der Waals surface area contributed by atoms with Crippen LogP contribution in [-0.2, 0) is 0 Å². The molecule has 0 bridgehead atoms. The summed E-state index contributed by atoms with van der Waals surface area (Å²) in [5.74, 6) is 0.735. The van der Waals surface area contributed by atoms with E-state index in [1.165, 1.54) is 0 Å². The molecule has 9 heteroatoms. The summed E-state index contributed by atoms with van der Waals surface area (Å²) >= 11 is 6.06. The van der Waals surface area contributed by atoms with Crippen molar-refractivity contribution >= 4 is 64.0 Å². The van der Waals surface area contributed by atoms with Crippen LogP contribution in [0.1, 0.15) is 6.42 Å². The van der Waals surface area contributed by atoms with Crippen LogP contribution >= 0.6 is 36.4 Å². The summed E-state index contributed by atoms with van der Waals surface area (Å²) in [6, 6.07) is 9.07. The molecule has 1 atom stereocenters. The van der Waals surface area contributed by atoms with E-state index in [-0.39, 0.29) is 37.5 Å². The molecule has 2 heterocycles. The first-order valence-corrected chi connectivity index (χ1v) is 8.04. The molecule has 3 rings (SSSR count). The molecule has 4 N–H and O–H groups in total. The Kier molecular flexibility index (Phi) is 8.59. The molecule has 2 aromatic heterocycles. The highest BCUT2D eigenvalue weighted by atomic mass is 35.5. The summed E-state index contributed by atoms with van der Waals surface area (Å²) in [5.41, 5.74) is 9.04. The summed E-state index contributed by atoms with van der Waals surface area (Å²) in [5, 5.41) is 13.7. The Labute approximate surface area is 168 Å². The van der Waals surface area contributed by atoms with Gasteiger partial charge in [0.1, 0.15) is 16.4 Å². The third-order valence-corrected chi connectivity index (χ3v) is 4.04. The average molecular weight is 420 g/mol. The lowest BCUT2D eigenvalue weighted by Gasteiger charge is -2.16. The molecule has 142 valence electrons. The lowest BCUT2D eigenvalue weighted by atomic mass is 10.1. The van der Waals surface area contributed by atoms with Crippen LogP contribution in [0.4, 0.5) is 5.69 Å². The second-order valence-corrected chi connectivity index (χ2v) is 5.91. The molecule has 0 aliphatic heterocycles. The predicted molar refractivity (Wildman–Crippen MR) is 111 cm³/mol. The smallest absolute Gasteiger partial charge is 0.130 e. The van der Waals surface area contributed by atoms with Crippen LogP contribution in [-0.4, -0.2) is 41.4 Å². The maximum atomic E-state index is 9.01. The quantitative estimate of drug-likeness (QED) is 0.419. The Hall–Kier alpha value is -1.57. The Bertz CT molecular complexity index is 879.